The third-order valence-electron chi connectivity index (χ3n) is 2.26. The van der Waals surface area contributed by atoms with Gasteiger partial charge < -0.3 is 24.4 Å². The van der Waals surface area contributed by atoms with Crippen LogP contribution >= 0.6 is 0 Å². The van der Waals surface area contributed by atoms with Crippen molar-refractivity contribution in [2.45, 2.75) is 6.10 Å². The van der Waals surface area contributed by atoms with Crippen molar-refractivity contribution in [3.63, 3.8) is 0 Å². The number of ether oxygens (including phenoxy) is 3. The van der Waals surface area contributed by atoms with E-state index in [4.69, 9.17) is 19.3 Å². The molecule has 0 amide bonds. The molecule has 0 aliphatic heterocycles. The monoisotopic (exact) mass is 242 g/mol. The number of aliphatic carboxylic acids is 1. The molecule has 1 rings (SSSR count). The van der Waals surface area contributed by atoms with Gasteiger partial charge in [-0.2, -0.15) is 0 Å². The maximum atomic E-state index is 10.7. The summed E-state index contributed by atoms with van der Waals surface area (Å²) in [4.78, 5) is 10.7. The van der Waals surface area contributed by atoms with Crippen molar-refractivity contribution in [1.82, 2.24) is 0 Å². The van der Waals surface area contributed by atoms with Crippen molar-refractivity contribution in [2.75, 3.05) is 21.3 Å². The molecule has 0 spiro atoms. The zero-order valence-corrected chi connectivity index (χ0v) is 9.76. The van der Waals surface area contributed by atoms with Crippen LogP contribution < -0.4 is 14.2 Å². The average molecular weight is 242 g/mol. The molecule has 0 aliphatic carbocycles. The average Bonchev–Trinajstić information content (AvgIpc) is 2.35. The van der Waals surface area contributed by atoms with E-state index in [1.54, 1.807) is 0 Å². The van der Waals surface area contributed by atoms with Gasteiger partial charge in [0.1, 0.15) is 5.75 Å². The first-order chi connectivity index (χ1) is 8.04. The highest BCUT2D eigenvalue weighted by molar-refractivity contribution is 5.76. The standard InChI is InChI=1S/C11H14O6/c1-15-7-5-9(17-3)8(16-2)4-6(7)10(12)11(13)14/h4-5,10,12H,1-3H3,(H,13,14)/t10-/m1/s1. The molecule has 1 atom stereocenters. The Morgan fingerprint density at radius 1 is 1.06 bits per heavy atom. The lowest BCUT2D eigenvalue weighted by Gasteiger charge is -2.15. The molecule has 0 bridgehead atoms. The molecule has 0 aliphatic rings. The number of hydrogen-bond donors (Lipinski definition) is 2. The number of methoxy groups -OCH3 is 3. The van der Waals surface area contributed by atoms with Crippen molar-refractivity contribution in [2.24, 2.45) is 0 Å². The maximum Gasteiger partial charge on any atom is 0.337 e. The first-order valence-corrected chi connectivity index (χ1v) is 4.76. The predicted molar refractivity (Wildman–Crippen MR) is 58.7 cm³/mol. The SMILES string of the molecule is COc1cc(OC)c([C@@H](O)C(=O)O)cc1OC. The Hall–Kier alpha value is -1.95. The van der Waals surface area contributed by atoms with E-state index in [-0.39, 0.29) is 11.3 Å². The predicted octanol–water partition coefficient (Wildman–Crippen LogP) is 0.830. The maximum absolute atomic E-state index is 10.7. The summed E-state index contributed by atoms with van der Waals surface area (Å²) in [5.41, 5.74) is 0.109. The fourth-order valence-corrected chi connectivity index (χ4v) is 1.40. The molecule has 0 fully saturated rings. The number of aliphatic hydroxyl groups excluding tert-OH is 1. The molecular formula is C11H14O6. The van der Waals surface area contributed by atoms with Gasteiger partial charge in [-0.1, -0.05) is 0 Å². The van der Waals surface area contributed by atoms with Gasteiger partial charge in [-0.3, -0.25) is 0 Å². The molecule has 0 unspecified atom stereocenters. The first-order valence-electron chi connectivity index (χ1n) is 4.76. The molecule has 6 nitrogen and oxygen atoms in total. The van der Waals surface area contributed by atoms with Gasteiger partial charge in [-0.05, 0) is 6.07 Å². The van der Waals surface area contributed by atoms with E-state index in [9.17, 15) is 9.90 Å². The smallest absolute Gasteiger partial charge is 0.337 e. The van der Waals surface area contributed by atoms with Gasteiger partial charge in [0.25, 0.3) is 0 Å². The van der Waals surface area contributed by atoms with Gasteiger partial charge in [0.05, 0.1) is 21.3 Å². The summed E-state index contributed by atoms with van der Waals surface area (Å²) < 4.78 is 15.1. The fourth-order valence-electron chi connectivity index (χ4n) is 1.40. The Morgan fingerprint density at radius 3 is 1.94 bits per heavy atom. The third kappa shape index (κ3) is 2.59. The van der Waals surface area contributed by atoms with Crippen LogP contribution in [0.4, 0.5) is 0 Å². The molecule has 1 aromatic carbocycles. The highest BCUT2D eigenvalue weighted by atomic mass is 16.5. The number of benzene rings is 1. The minimum Gasteiger partial charge on any atom is -0.496 e. The van der Waals surface area contributed by atoms with Gasteiger partial charge in [0.15, 0.2) is 17.6 Å². The molecule has 1 aromatic rings. The molecule has 0 saturated carbocycles. The van der Waals surface area contributed by atoms with E-state index >= 15 is 0 Å². The largest absolute Gasteiger partial charge is 0.496 e. The van der Waals surface area contributed by atoms with E-state index in [1.165, 1.54) is 33.5 Å². The summed E-state index contributed by atoms with van der Waals surface area (Å²) >= 11 is 0. The molecule has 6 heteroatoms. The highest BCUT2D eigenvalue weighted by Crippen LogP contribution is 2.37. The summed E-state index contributed by atoms with van der Waals surface area (Å²) in [5, 5.41) is 18.3. The zero-order valence-electron chi connectivity index (χ0n) is 9.76. The number of aliphatic hydroxyl groups is 1. The van der Waals surface area contributed by atoms with E-state index in [0.29, 0.717) is 11.5 Å². The molecule has 94 valence electrons. The van der Waals surface area contributed by atoms with Gasteiger partial charge in [-0.15, -0.1) is 0 Å². The van der Waals surface area contributed by atoms with Crippen LogP contribution in [-0.4, -0.2) is 37.5 Å². The van der Waals surface area contributed by atoms with Crippen LogP contribution in [0.3, 0.4) is 0 Å². The number of carboxylic acid groups (broad SMARTS) is 1. The quantitative estimate of drug-likeness (QED) is 0.795. The fraction of sp³-hybridized carbons (Fsp3) is 0.364. The summed E-state index contributed by atoms with van der Waals surface area (Å²) in [5.74, 6) is -0.428. The van der Waals surface area contributed by atoms with Crippen LogP contribution in [0.5, 0.6) is 17.2 Å². The summed E-state index contributed by atoms with van der Waals surface area (Å²) in [6.07, 6.45) is -1.68. The van der Waals surface area contributed by atoms with E-state index in [1.807, 2.05) is 0 Å². The lowest BCUT2D eigenvalue weighted by molar-refractivity contribution is -0.147. The Bertz CT molecular complexity index is 415. The van der Waals surface area contributed by atoms with Crippen molar-refractivity contribution in [1.29, 1.82) is 0 Å². The normalized spacial score (nSPS) is 11.8. The van der Waals surface area contributed by atoms with E-state index in [2.05, 4.69) is 0 Å². The first kappa shape index (κ1) is 13.1. The van der Waals surface area contributed by atoms with Crippen molar-refractivity contribution in [3.8, 4) is 17.2 Å². The number of carbonyl (C=O) groups is 1. The Balaban J connectivity index is 3.33. The third-order valence-corrected chi connectivity index (χ3v) is 2.26. The Kier molecular flexibility index (Phi) is 4.17. The van der Waals surface area contributed by atoms with Crippen LogP contribution in [-0.2, 0) is 4.79 Å². The Labute approximate surface area is 98.3 Å². The minimum absolute atomic E-state index is 0.109. The molecule has 0 heterocycles. The van der Waals surface area contributed by atoms with Crippen LogP contribution in [0, 0.1) is 0 Å². The number of hydrogen-bond acceptors (Lipinski definition) is 5. The zero-order chi connectivity index (χ0) is 13.0. The van der Waals surface area contributed by atoms with Crippen molar-refractivity contribution >= 4 is 5.97 Å². The van der Waals surface area contributed by atoms with Gasteiger partial charge in [-0.25, -0.2) is 4.79 Å². The van der Waals surface area contributed by atoms with Gasteiger partial charge in [0.2, 0.25) is 0 Å². The number of rotatable bonds is 5. The van der Waals surface area contributed by atoms with E-state index < -0.39 is 12.1 Å². The lowest BCUT2D eigenvalue weighted by Crippen LogP contribution is -2.12. The number of carboxylic acids is 1. The van der Waals surface area contributed by atoms with Crippen LogP contribution in [0.1, 0.15) is 11.7 Å². The summed E-state index contributed by atoms with van der Waals surface area (Å²) in [7, 11) is 4.24. The topological polar surface area (TPSA) is 85.2 Å². The van der Waals surface area contributed by atoms with Crippen LogP contribution in [0.25, 0.3) is 0 Å². The van der Waals surface area contributed by atoms with Gasteiger partial charge in [0, 0.05) is 11.6 Å². The van der Waals surface area contributed by atoms with Crippen LogP contribution in [0.2, 0.25) is 0 Å². The second-order valence-corrected chi connectivity index (χ2v) is 3.19. The minimum atomic E-state index is -1.68. The Morgan fingerprint density at radius 2 is 1.53 bits per heavy atom. The van der Waals surface area contributed by atoms with Gasteiger partial charge >= 0.3 is 5.97 Å². The molecule has 0 aromatic heterocycles. The second-order valence-electron chi connectivity index (χ2n) is 3.19. The second kappa shape index (κ2) is 5.40. The lowest BCUT2D eigenvalue weighted by atomic mass is 10.1. The molecular weight excluding hydrogens is 228 g/mol. The molecule has 0 radical (unpaired) electrons. The van der Waals surface area contributed by atoms with Crippen molar-refractivity contribution < 1.29 is 29.2 Å². The molecule has 17 heavy (non-hydrogen) atoms. The summed E-state index contributed by atoms with van der Waals surface area (Å²) in [6, 6.07) is 2.83. The summed E-state index contributed by atoms with van der Waals surface area (Å²) in [6.45, 7) is 0. The molecule has 0 saturated heterocycles. The van der Waals surface area contributed by atoms with Crippen LogP contribution in [0.15, 0.2) is 12.1 Å². The van der Waals surface area contributed by atoms with Crippen molar-refractivity contribution in [3.05, 3.63) is 17.7 Å². The van der Waals surface area contributed by atoms with E-state index in [0.717, 1.165) is 0 Å². The molecule has 2 N–H and O–H groups in total. The highest BCUT2D eigenvalue weighted by Gasteiger charge is 2.23.